The third kappa shape index (κ3) is 4.10. The van der Waals surface area contributed by atoms with E-state index >= 15 is 0 Å². The van der Waals surface area contributed by atoms with E-state index in [1.165, 1.54) is 11.1 Å². The van der Waals surface area contributed by atoms with Gasteiger partial charge in [-0.25, -0.2) is 4.79 Å². The number of aromatic nitrogens is 1. The van der Waals surface area contributed by atoms with Crippen LogP contribution in [-0.4, -0.2) is 35.1 Å². The van der Waals surface area contributed by atoms with Gasteiger partial charge in [0.25, 0.3) is 0 Å². The van der Waals surface area contributed by atoms with E-state index < -0.39 is 0 Å². The second-order valence-electron chi connectivity index (χ2n) is 6.25. The largest absolute Gasteiger partial charge is 0.487 e. The Balaban J connectivity index is 1.63. The lowest BCUT2D eigenvalue weighted by Crippen LogP contribution is -2.35. The zero-order chi connectivity index (χ0) is 17.6. The molecule has 1 fully saturated rings. The van der Waals surface area contributed by atoms with E-state index in [1.54, 1.807) is 12.4 Å². The molecule has 2 heterocycles. The summed E-state index contributed by atoms with van der Waals surface area (Å²) in [6.45, 7) is 5.51. The van der Waals surface area contributed by atoms with Gasteiger partial charge in [0.2, 0.25) is 0 Å². The molecular weight excluding hydrogens is 314 g/mol. The number of hydrogen-bond acceptors (Lipinski definition) is 3. The zero-order valence-corrected chi connectivity index (χ0v) is 14.9. The Morgan fingerprint density at radius 1 is 1.24 bits per heavy atom. The van der Waals surface area contributed by atoms with Gasteiger partial charge in [0.15, 0.2) is 0 Å². The number of hydrogen-bond donors (Lipinski definition) is 1. The summed E-state index contributed by atoms with van der Waals surface area (Å²) >= 11 is 0. The maximum Gasteiger partial charge on any atom is 0.321 e. The van der Waals surface area contributed by atoms with Crippen LogP contribution in [0, 0.1) is 0 Å². The molecule has 0 aliphatic carbocycles. The van der Waals surface area contributed by atoms with Gasteiger partial charge in [-0.2, -0.15) is 0 Å². The minimum absolute atomic E-state index is 0.0158. The fraction of sp³-hybridized carbons (Fsp3) is 0.400. The van der Waals surface area contributed by atoms with E-state index in [1.807, 2.05) is 17.0 Å². The van der Waals surface area contributed by atoms with Crippen molar-refractivity contribution in [1.29, 1.82) is 0 Å². The highest BCUT2D eigenvalue weighted by Gasteiger charge is 2.28. The molecule has 1 saturated heterocycles. The first kappa shape index (κ1) is 17.3. The summed E-state index contributed by atoms with van der Waals surface area (Å²) in [6.07, 6.45) is 6.07. The predicted molar refractivity (Wildman–Crippen MR) is 99.1 cm³/mol. The molecule has 1 aromatic heterocycles. The van der Waals surface area contributed by atoms with E-state index in [0.717, 1.165) is 30.7 Å². The normalized spacial score (nSPS) is 16.7. The molecule has 3 rings (SSSR count). The number of anilines is 1. The van der Waals surface area contributed by atoms with Crippen LogP contribution in [0.15, 0.2) is 42.7 Å². The number of aryl methyl sites for hydroxylation is 2. The number of urea groups is 1. The third-order valence-electron chi connectivity index (χ3n) is 4.60. The first-order chi connectivity index (χ1) is 12.2. The van der Waals surface area contributed by atoms with E-state index in [-0.39, 0.29) is 12.1 Å². The number of para-hydroxylation sites is 1. The van der Waals surface area contributed by atoms with Gasteiger partial charge in [0, 0.05) is 24.8 Å². The molecule has 0 unspecified atom stereocenters. The topological polar surface area (TPSA) is 54.5 Å². The molecule has 2 aromatic rings. The molecule has 0 radical (unpaired) electrons. The highest BCUT2D eigenvalue weighted by molar-refractivity contribution is 5.91. The molecule has 1 aliphatic rings. The summed E-state index contributed by atoms with van der Waals surface area (Å²) in [5.74, 6) is 0.749. The maximum absolute atomic E-state index is 12.7. The Kier molecular flexibility index (Phi) is 5.53. The van der Waals surface area contributed by atoms with Gasteiger partial charge in [-0.05, 0) is 36.1 Å². The number of amides is 2. The molecule has 0 bridgehead atoms. The fourth-order valence-corrected chi connectivity index (χ4v) is 3.21. The van der Waals surface area contributed by atoms with E-state index in [4.69, 9.17) is 4.74 Å². The minimum atomic E-state index is -0.0483. The van der Waals surface area contributed by atoms with Crippen LogP contribution < -0.4 is 10.1 Å². The Hall–Kier alpha value is -2.56. The number of nitrogens with one attached hydrogen (secondary N) is 1. The molecule has 0 spiro atoms. The van der Waals surface area contributed by atoms with Gasteiger partial charge >= 0.3 is 6.03 Å². The van der Waals surface area contributed by atoms with Gasteiger partial charge in [-0.3, -0.25) is 4.98 Å². The molecule has 1 N–H and O–H groups in total. The van der Waals surface area contributed by atoms with Crippen molar-refractivity contribution < 1.29 is 9.53 Å². The number of pyridine rings is 1. The van der Waals surface area contributed by atoms with Crippen molar-refractivity contribution in [3.8, 4) is 5.75 Å². The van der Waals surface area contributed by atoms with Crippen molar-refractivity contribution in [3.05, 3.63) is 53.9 Å². The van der Waals surface area contributed by atoms with Crippen molar-refractivity contribution in [2.75, 3.05) is 18.4 Å². The lowest BCUT2D eigenvalue weighted by atomic mass is 10.0. The summed E-state index contributed by atoms with van der Waals surface area (Å²) in [5.41, 5.74) is 3.32. The SMILES string of the molecule is CCc1cccc(CC)c1NC(=O)N1CC[C@@H](Oc2cccnc2)C1. The first-order valence-electron chi connectivity index (χ1n) is 8.94. The van der Waals surface area contributed by atoms with Crippen molar-refractivity contribution in [1.82, 2.24) is 9.88 Å². The van der Waals surface area contributed by atoms with E-state index in [9.17, 15) is 4.79 Å². The number of benzene rings is 1. The summed E-state index contributed by atoms with van der Waals surface area (Å²) in [4.78, 5) is 18.6. The third-order valence-corrected chi connectivity index (χ3v) is 4.60. The van der Waals surface area contributed by atoms with E-state index in [0.29, 0.717) is 13.1 Å². The lowest BCUT2D eigenvalue weighted by Gasteiger charge is -2.20. The van der Waals surface area contributed by atoms with Crippen LogP contribution in [0.3, 0.4) is 0 Å². The number of likely N-dealkylation sites (tertiary alicyclic amines) is 1. The van der Waals surface area contributed by atoms with E-state index in [2.05, 4.69) is 42.3 Å². The smallest absolute Gasteiger partial charge is 0.321 e. The summed E-state index contributed by atoms with van der Waals surface area (Å²) in [6, 6.07) is 9.90. The Morgan fingerprint density at radius 3 is 2.64 bits per heavy atom. The predicted octanol–water partition coefficient (Wildman–Crippen LogP) is 3.89. The number of carbonyl (C=O) groups excluding carboxylic acids is 1. The second kappa shape index (κ2) is 8.01. The molecule has 25 heavy (non-hydrogen) atoms. The molecule has 2 amide bonds. The van der Waals surface area contributed by atoms with Crippen LogP contribution in [0.4, 0.5) is 10.5 Å². The van der Waals surface area contributed by atoms with Crippen molar-refractivity contribution in [2.45, 2.75) is 39.2 Å². The fourth-order valence-electron chi connectivity index (χ4n) is 3.21. The van der Waals surface area contributed by atoms with Crippen molar-refractivity contribution in [3.63, 3.8) is 0 Å². The van der Waals surface area contributed by atoms with Gasteiger partial charge in [0.05, 0.1) is 12.7 Å². The summed E-state index contributed by atoms with van der Waals surface area (Å²) in [5, 5.41) is 3.13. The standard InChI is InChI=1S/C20H25N3O2/c1-3-15-7-5-8-16(4-2)19(15)22-20(24)23-12-10-18(14-23)25-17-9-6-11-21-13-17/h5-9,11,13,18H,3-4,10,12,14H2,1-2H3,(H,22,24)/t18-/m1/s1. The minimum Gasteiger partial charge on any atom is -0.487 e. The molecule has 1 aromatic carbocycles. The summed E-state index contributed by atoms with van der Waals surface area (Å²) in [7, 11) is 0. The van der Waals surface area contributed by atoms with Crippen molar-refractivity contribution in [2.24, 2.45) is 0 Å². The molecule has 5 nitrogen and oxygen atoms in total. The molecular formula is C20H25N3O2. The Bertz CT molecular complexity index is 696. The molecule has 5 heteroatoms. The van der Waals surface area contributed by atoms with Crippen LogP contribution in [0.1, 0.15) is 31.4 Å². The lowest BCUT2D eigenvalue weighted by molar-refractivity contribution is 0.194. The van der Waals surface area contributed by atoms with Crippen molar-refractivity contribution >= 4 is 11.7 Å². The summed E-state index contributed by atoms with van der Waals surface area (Å²) < 4.78 is 5.91. The quantitative estimate of drug-likeness (QED) is 0.899. The Labute approximate surface area is 149 Å². The zero-order valence-electron chi connectivity index (χ0n) is 14.9. The van der Waals surface area contributed by atoms with Gasteiger partial charge < -0.3 is 15.0 Å². The number of nitrogens with zero attached hydrogens (tertiary/aromatic N) is 2. The molecule has 0 saturated carbocycles. The average molecular weight is 339 g/mol. The second-order valence-corrected chi connectivity index (χ2v) is 6.25. The van der Waals surface area contributed by atoms with Crippen LogP contribution >= 0.6 is 0 Å². The van der Waals surface area contributed by atoms with Gasteiger partial charge in [0.1, 0.15) is 11.9 Å². The van der Waals surface area contributed by atoms with Crippen LogP contribution in [0.5, 0.6) is 5.75 Å². The number of ether oxygens (including phenoxy) is 1. The highest BCUT2D eigenvalue weighted by atomic mass is 16.5. The molecule has 1 atom stereocenters. The van der Waals surface area contributed by atoms with Gasteiger partial charge in [-0.15, -0.1) is 0 Å². The van der Waals surface area contributed by atoms with Gasteiger partial charge in [-0.1, -0.05) is 32.0 Å². The molecule has 1 aliphatic heterocycles. The average Bonchev–Trinajstić information content (AvgIpc) is 3.11. The Morgan fingerprint density at radius 2 is 2.00 bits per heavy atom. The number of rotatable bonds is 5. The highest BCUT2D eigenvalue weighted by Crippen LogP contribution is 2.24. The van der Waals surface area contributed by atoms with Crippen LogP contribution in [0.25, 0.3) is 0 Å². The maximum atomic E-state index is 12.7. The molecule has 132 valence electrons. The first-order valence-corrected chi connectivity index (χ1v) is 8.94. The monoisotopic (exact) mass is 339 g/mol. The van der Waals surface area contributed by atoms with Crippen LogP contribution in [0.2, 0.25) is 0 Å². The number of carbonyl (C=O) groups is 1. The van der Waals surface area contributed by atoms with Crippen LogP contribution in [-0.2, 0) is 12.8 Å².